The number of esters is 1. The quantitative estimate of drug-likeness (QED) is 0.552. The number of hydrogen-bond donors (Lipinski definition) is 0. The van der Waals surface area contributed by atoms with Crippen molar-refractivity contribution in [3.05, 3.63) is 0 Å². The molecule has 1 amide bonds. The number of amides is 1. The van der Waals surface area contributed by atoms with Gasteiger partial charge in [-0.15, -0.1) is 0 Å². The minimum absolute atomic E-state index is 0.0550. The lowest BCUT2D eigenvalue weighted by Crippen LogP contribution is -2.40. The molecule has 74 valence electrons. The number of hydrogen-bond acceptors (Lipinski definition) is 4. The third-order valence-electron chi connectivity index (χ3n) is 2.21. The Morgan fingerprint density at radius 2 is 2.23 bits per heavy atom. The Morgan fingerprint density at radius 1 is 1.62 bits per heavy atom. The molecule has 0 spiro atoms. The third kappa shape index (κ3) is 1.80. The standard InChI is InChI=1S/C8H14N2O3/c1-4-13-8(12)6-5-7(11)10(3)9(6)2/h6H,4-5H2,1-3H3/t6-/m1/s1. The van der Waals surface area contributed by atoms with Crippen molar-refractivity contribution in [3.8, 4) is 0 Å². The van der Waals surface area contributed by atoms with Gasteiger partial charge in [0.25, 0.3) is 0 Å². The predicted molar refractivity (Wildman–Crippen MR) is 45.6 cm³/mol. The molecule has 0 saturated carbocycles. The Labute approximate surface area is 77.2 Å². The maximum Gasteiger partial charge on any atom is 0.325 e. The Hall–Kier alpha value is -1.10. The monoisotopic (exact) mass is 186 g/mol. The molecule has 13 heavy (non-hydrogen) atoms. The van der Waals surface area contributed by atoms with Gasteiger partial charge in [-0.1, -0.05) is 0 Å². The number of carbonyl (C=O) groups is 2. The minimum Gasteiger partial charge on any atom is -0.465 e. The largest absolute Gasteiger partial charge is 0.465 e. The van der Waals surface area contributed by atoms with Crippen molar-refractivity contribution in [1.29, 1.82) is 0 Å². The van der Waals surface area contributed by atoms with E-state index in [1.54, 1.807) is 26.0 Å². The summed E-state index contributed by atoms with van der Waals surface area (Å²) in [5.74, 6) is -0.386. The van der Waals surface area contributed by atoms with Crippen LogP contribution in [0.15, 0.2) is 0 Å². The van der Waals surface area contributed by atoms with Crippen molar-refractivity contribution in [2.45, 2.75) is 19.4 Å². The van der Waals surface area contributed by atoms with E-state index in [2.05, 4.69) is 0 Å². The molecule has 0 aromatic heterocycles. The zero-order valence-electron chi connectivity index (χ0n) is 8.11. The van der Waals surface area contributed by atoms with Gasteiger partial charge in [-0.25, -0.2) is 5.01 Å². The van der Waals surface area contributed by atoms with E-state index in [0.717, 1.165) is 0 Å². The molecule has 0 unspecified atom stereocenters. The van der Waals surface area contributed by atoms with Crippen LogP contribution in [-0.2, 0) is 14.3 Å². The molecule has 0 aromatic carbocycles. The van der Waals surface area contributed by atoms with Crippen molar-refractivity contribution in [2.24, 2.45) is 0 Å². The first-order valence-electron chi connectivity index (χ1n) is 4.23. The average molecular weight is 186 g/mol. The lowest BCUT2D eigenvalue weighted by molar-refractivity contribution is -0.151. The first-order chi connectivity index (χ1) is 6.07. The fourth-order valence-electron chi connectivity index (χ4n) is 1.29. The van der Waals surface area contributed by atoms with Crippen LogP contribution < -0.4 is 0 Å². The number of hydrazine groups is 1. The molecular weight excluding hydrogens is 172 g/mol. The molecule has 0 radical (unpaired) electrons. The van der Waals surface area contributed by atoms with Gasteiger partial charge >= 0.3 is 5.97 Å². The highest BCUT2D eigenvalue weighted by atomic mass is 16.5. The summed E-state index contributed by atoms with van der Waals surface area (Å²) in [6.45, 7) is 2.10. The first kappa shape index (κ1) is 9.98. The van der Waals surface area contributed by atoms with E-state index in [0.29, 0.717) is 6.61 Å². The number of carbonyl (C=O) groups excluding carboxylic acids is 2. The summed E-state index contributed by atoms with van der Waals surface area (Å²) >= 11 is 0. The van der Waals surface area contributed by atoms with Crippen LogP contribution in [0.5, 0.6) is 0 Å². The Kier molecular flexibility index (Phi) is 2.87. The summed E-state index contributed by atoms with van der Waals surface area (Å²) in [5, 5.41) is 3.03. The highest BCUT2D eigenvalue weighted by molar-refractivity contribution is 5.87. The highest BCUT2D eigenvalue weighted by Crippen LogP contribution is 2.16. The Balaban J connectivity index is 2.62. The number of rotatable bonds is 2. The molecule has 5 nitrogen and oxygen atoms in total. The summed E-state index contributed by atoms with van der Waals surface area (Å²) in [6, 6.07) is -0.447. The molecule has 0 aromatic rings. The molecule has 1 saturated heterocycles. The second-order valence-corrected chi connectivity index (χ2v) is 2.96. The van der Waals surface area contributed by atoms with Gasteiger partial charge in [0.1, 0.15) is 6.04 Å². The Bertz CT molecular complexity index is 229. The summed E-state index contributed by atoms with van der Waals surface area (Å²) < 4.78 is 4.83. The van der Waals surface area contributed by atoms with Crippen molar-refractivity contribution < 1.29 is 14.3 Å². The molecule has 5 heteroatoms. The molecular formula is C8H14N2O3. The molecule has 0 bridgehead atoms. The SMILES string of the molecule is CCOC(=O)[C@H]1CC(=O)N(C)N1C. The van der Waals surface area contributed by atoms with Crippen LogP contribution in [0.25, 0.3) is 0 Å². The molecule has 1 aliphatic heterocycles. The van der Waals surface area contributed by atoms with E-state index >= 15 is 0 Å². The second-order valence-electron chi connectivity index (χ2n) is 2.96. The number of nitrogens with zero attached hydrogens (tertiary/aromatic N) is 2. The molecule has 1 fully saturated rings. The normalized spacial score (nSPS) is 23.8. The molecule has 0 N–H and O–H groups in total. The van der Waals surface area contributed by atoms with Crippen LogP contribution in [0.4, 0.5) is 0 Å². The molecule has 1 atom stereocenters. The van der Waals surface area contributed by atoms with Gasteiger partial charge in [0.05, 0.1) is 13.0 Å². The zero-order chi connectivity index (χ0) is 10.0. The second kappa shape index (κ2) is 3.74. The van der Waals surface area contributed by atoms with Gasteiger partial charge in [0.2, 0.25) is 5.91 Å². The van der Waals surface area contributed by atoms with E-state index < -0.39 is 6.04 Å². The minimum atomic E-state index is -0.447. The van der Waals surface area contributed by atoms with Crippen molar-refractivity contribution in [1.82, 2.24) is 10.0 Å². The fraction of sp³-hybridized carbons (Fsp3) is 0.750. The highest BCUT2D eigenvalue weighted by Gasteiger charge is 2.38. The maximum absolute atomic E-state index is 11.3. The van der Waals surface area contributed by atoms with Gasteiger partial charge in [-0.3, -0.25) is 14.6 Å². The number of likely N-dealkylation sites (N-methyl/N-ethyl adjacent to an activating group) is 1. The van der Waals surface area contributed by atoms with E-state index in [4.69, 9.17) is 4.74 Å². The van der Waals surface area contributed by atoms with Crippen LogP contribution in [0.2, 0.25) is 0 Å². The molecule has 0 aliphatic carbocycles. The topological polar surface area (TPSA) is 49.9 Å². The van der Waals surface area contributed by atoms with E-state index in [-0.39, 0.29) is 18.3 Å². The summed E-state index contributed by atoms with van der Waals surface area (Å²) in [4.78, 5) is 22.5. The van der Waals surface area contributed by atoms with E-state index in [1.165, 1.54) is 5.01 Å². The van der Waals surface area contributed by atoms with Crippen LogP contribution in [0.1, 0.15) is 13.3 Å². The fourth-order valence-corrected chi connectivity index (χ4v) is 1.29. The lowest BCUT2D eigenvalue weighted by Gasteiger charge is -2.22. The zero-order valence-corrected chi connectivity index (χ0v) is 8.11. The van der Waals surface area contributed by atoms with Crippen LogP contribution >= 0.6 is 0 Å². The molecule has 1 aliphatic rings. The average Bonchev–Trinajstić information content (AvgIpc) is 2.33. The Morgan fingerprint density at radius 3 is 2.62 bits per heavy atom. The van der Waals surface area contributed by atoms with E-state index in [9.17, 15) is 9.59 Å². The van der Waals surface area contributed by atoms with Gasteiger partial charge in [0.15, 0.2) is 0 Å². The third-order valence-corrected chi connectivity index (χ3v) is 2.21. The summed E-state index contributed by atoms with van der Waals surface area (Å²) in [5.41, 5.74) is 0. The smallest absolute Gasteiger partial charge is 0.325 e. The van der Waals surface area contributed by atoms with Gasteiger partial charge in [-0.05, 0) is 6.92 Å². The first-order valence-corrected chi connectivity index (χ1v) is 4.23. The number of ether oxygens (including phenoxy) is 1. The van der Waals surface area contributed by atoms with Crippen molar-refractivity contribution in [3.63, 3.8) is 0 Å². The van der Waals surface area contributed by atoms with Crippen LogP contribution in [-0.4, -0.2) is 48.6 Å². The van der Waals surface area contributed by atoms with E-state index in [1.807, 2.05) is 0 Å². The van der Waals surface area contributed by atoms with Crippen LogP contribution in [0, 0.1) is 0 Å². The molecule has 1 heterocycles. The predicted octanol–water partition coefficient (Wildman–Crippen LogP) is -0.373. The van der Waals surface area contributed by atoms with Gasteiger partial charge in [0, 0.05) is 14.1 Å². The van der Waals surface area contributed by atoms with Gasteiger partial charge in [-0.2, -0.15) is 0 Å². The summed E-state index contributed by atoms with van der Waals surface area (Å²) in [6.07, 6.45) is 0.214. The molecule has 1 rings (SSSR count). The maximum atomic E-state index is 11.3. The van der Waals surface area contributed by atoms with Crippen LogP contribution in [0.3, 0.4) is 0 Å². The van der Waals surface area contributed by atoms with Crippen molar-refractivity contribution in [2.75, 3.05) is 20.7 Å². The summed E-state index contributed by atoms with van der Waals surface area (Å²) in [7, 11) is 3.34. The van der Waals surface area contributed by atoms with Gasteiger partial charge < -0.3 is 4.74 Å². The van der Waals surface area contributed by atoms with Crippen molar-refractivity contribution >= 4 is 11.9 Å². The lowest BCUT2D eigenvalue weighted by atomic mass is 10.2.